The lowest BCUT2D eigenvalue weighted by atomic mass is 9.97. The van der Waals surface area contributed by atoms with Crippen molar-refractivity contribution in [3.8, 4) is 22.5 Å². The highest BCUT2D eigenvalue weighted by Crippen LogP contribution is 2.47. The van der Waals surface area contributed by atoms with Crippen LogP contribution in [0.3, 0.4) is 0 Å². The number of rotatable bonds is 12. The lowest BCUT2D eigenvalue weighted by Gasteiger charge is -2.25. The molecule has 0 amide bonds. The Balaban J connectivity index is 0.000000191. The molecule has 2 saturated carbocycles. The van der Waals surface area contributed by atoms with Crippen molar-refractivity contribution in [3.63, 3.8) is 0 Å². The Labute approximate surface area is 373 Å². The molecule has 0 bridgehead atoms. The predicted octanol–water partition coefficient (Wildman–Crippen LogP) is 10.6. The van der Waals surface area contributed by atoms with E-state index in [4.69, 9.17) is 0 Å². The highest BCUT2D eigenvalue weighted by atomic mass is 32.2. The van der Waals surface area contributed by atoms with Gasteiger partial charge in [0.05, 0.1) is 56.7 Å². The summed E-state index contributed by atoms with van der Waals surface area (Å²) in [6.07, 6.45) is 6.57. The third-order valence-electron chi connectivity index (χ3n) is 11.3. The van der Waals surface area contributed by atoms with Crippen LogP contribution in [0.15, 0.2) is 107 Å². The van der Waals surface area contributed by atoms with E-state index in [2.05, 4.69) is 19.6 Å². The van der Waals surface area contributed by atoms with E-state index in [1.54, 1.807) is 70.3 Å². The second kappa shape index (κ2) is 17.7. The van der Waals surface area contributed by atoms with Gasteiger partial charge >= 0.3 is 0 Å². The lowest BCUT2D eigenvalue weighted by Crippen LogP contribution is -2.31. The third kappa shape index (κ3) is 10.4. The number of nitrogens with one attached hydrogen (secondary N) is 2. The van der Waals surface area contributed by atoms with Crippen molar-refractivity contribution in [2.24, 2.45) is 11.8 Å². The molecule has 64 heavy (non-hydrogen) atoms. The van der Waals surface area contributed by atoms with Crippen molar-refractivity contribution in [1.82, 2.24) is 29.0 Å². The van der Waals surface area contributed by atoms with Gasteiger partial charge in [0.1, 0.15) is 23.3 Å². The van der Waals surface area contributed by atoms with Gasteiger partial charge in [0.25, 0.3) is 0 Å². The summed E-state index contributed by atoms with van der Waals surface area (Å²) in [5, 5.41) is 8.97. The smallest absolute Gasteiger partial charge is 0.241 e. The van der Waals surface area contributed by atoms with Crippen LogP contribution in [0.1, 0.15) is 102 Å². The summed E-state index contributed by atoms with van der Waals surface area (Å²) in [6.45, 7) is 15.3. The van der Waals surface area contributed by atoms with Crippen molar-refractivity contribution in [3.05, 3.63) is 143 Å². The fourth-order valence-corrected chi connectivity index (χ4v) is 10.3. The highest BCUT2D eigenvalue weighted by molar-refractivity contribution is 7.89. The van der Waals surface area contributed by atoms with Gasteiger partial charge in [-0.1, -0.05) is 35.4 Å². The Kier molecular flexibility index (Phi) is 12.9. The van der Waals surface area contributed by atoms with Crippen molar-refractivity contribution < 1.29 is 34.4 Å². The Morgan fingerprint density at radius 2 is 0.938 bits per heavy atom. The average molecular weight is 919 g/mol. The first-order valence-electron chi connectivity index (χ1n) is 21.2. The van der Waals surface area contributed by atoms with Crippen LogP contribution in [0.4, 0.5) is 17.6 Å². The molecule has 2 unspecified atom stereocenters. The number of hydrogen-bond donors (Lipinski definition) is 2. The van der Waals surface area contributed by atoms with E-state index in [1.807, 2.05) is 55.4 Å². The van der Waals surface area contributed by atoms with Crippen LogP contribution in [0.2, 0.25) is 0 Å². The van der Waals surface area contributed by atoms with Gasteiger partial charge in [0, 0.05) is 28.3 Å². The third-order valence-corrected chi connectivity index (χ3v) is 14.2. The van der Waals surface area contributed by atoms with Gasteiger partial charge in [-0.25, -0.2) is 43.8 Å². The van der Waals surface area contributed by atoms with Gasteiger partial charge in [-0.3, -0.25) is 9.36 Å². The molecular weight excluding hydrogens is 865 g/mol. The maximum atomic E-state index is 14.9. The van der Waals surface area contributed by atoms with Crippen molar-refractivity contribution in [2.45, 2.75) is 114 Å². The molecular formula is C48H54F4N6O4S2. The molecule has 2 atom stereocenters. The molecule has 340 valence electrons. The Bertz CT molecular complexity index is 2880. The highest BCUT2D eigenvalue weighted by Gasteiger charge is 2.41. The van der Waals surface area contributed by atoms with E-state index < -0.39 is 66.5 Å². The summed E-state index contributed by atoms with van der Waals surface area (Å²) in [5.74, 6) is -2.41. The number of sulfonamides is 2. The fourth-order valence-electron chi connectivity index (χ4n) is 7.69. The number of aromatic nitrogens is 4. The van der Waals surface area contributed by atoms with Gasteiger partial charge in [-0.2, -0.15) is 10.2 Å². The summed E-state index contributed by atoms with van der Waals surface area (Å²) in [5.41, 5.74) is 3.11. The molecule has 2 heterocycles. The first kappa shape index (κ1) is 46.8. The summed E-state index contributed by atoms with van der Waals surface area (Å²) < 4.78 is 119. The number of benzene rings is 4. The lowest BCUT2D eigenvalue weighted by molar-refractivity contribution is 0.358. The molecule has 16 heteroatoms. The molecule has 0 radical (unpaired) electrons. The van der Waals surface area contributed by atoms with Crippen LogP contribution < -0.4 is 9.44 Å². The second-order valence-electron chi connectivity index (χ2n) is 18.8. The first-order chi connectivity index (χ1) is 29.9. The predicted molar refractivity (Wildman–Crippen MR) is 239 cm³/mol. The molecule has 0 aliphatic heterocycles. The molecule has 10 nitrogen and oxygen atoms in total. The zero-order valence-electron chi connectivity index (χ0n) is 37.1. The number of hydrogen-bond acceptors (Lipinski definition) is 6. The molecule has 2 aliphatic rings. The number of nitrogens with zero attached hydrogens (tertiary/aromatic N) is 4. The van der Waals surface area contributed by atoms with Crippen LogP contribution >= 0.6 is 0 Å². The van der Waals surface area contributed by atoms with E-state index in [0.29, 0.717) is 22.5 Å². The molecule has 2 aliphatic carbocycles. The van der Waals surface area contributed by atoms with Gasteiger partial charge in [0.15, 0.2) is 0 Å². The van der Waals surface area contributed by atoms with E-state index in [9.17, 15) is 34.4 Å². The molecule has 4 aromatic carbocycles. The van der Waals surface area contributed by atoms with E-state index in [-0.39, 0.29) is 32.8 Å². The zero-order chi connectivity index (χ0) is 46.5. The van der Waals surface area contributed by atoms with Crippen LogP contribution in [0.25, 0.3) is 22.5 Å². The van der Waals surface area contributed by atoms with Gasteiger partial charge < -0.3 is 0 Å². The zero-order valence-corrected chi connectivity index (χ0v) is 38.8. The van der Waals surface area contributed by atoms with Crippen LogP contribution in [0.5, 0.6) is 0 Å². The van der Waals surface area contributed by atoms with Crippen LogP contribution in [-0.2, 0) is 31.1 Å². The van der Waals surface area contributed by atoms with Gasteiger partial charge in [-0.15, -0.1) is 0 Å². The fraction of sp³-hybridized carbons (Fsp3) is 0.375. The maximum absolute atomic E-state index is 14.9. The first-order valence-corrected chi connectivity index (χ1v) is 24.2. The quantitative estimate of drug-likeness (QED) is 0.118. The molecule has 0 spiro atoms. The van der Waals surface area contributed by atoms with Crippen LogP contribution in [-0.4, -0.2) is 36.4 Å². The van der Waals surface area contributed by atoms with Crippen LogP contribution in [0, 0.1) is 49.0 Å². The summed E-state index contributed by atoms with van der Waals surface area (Å²) in [7, 11) is -7.64. The summed E-state index contributed by atoms with van der Waals surface area (Å²) in [4.78, 5) is 0.335. The molecule has 2 N–H and O–H groups in total. The minimum atomic E-state index is -3.83. The summed E-state index contributed by atoms with van der Waals surface area (Å²) in [6, 6.07) is 18.8. The standard InChI is InChI=1S/2C24H27F2N3O2S/c1-15-5-10-18(11-6-15)32(30,31)28-22(16-7-8-16)20-14-27-29(24(2,3)4)23(20)19-13-17(25)9-12-21(19)26;1-15-5-10-18(11-6-15)32(30,31)28-22(16-7-8-16)20-14-27-29(24(2,3)4)23(20)19-12-9-17(25)13-21(19)26/h2*5-6,9-14,16,22,28H,7-8H2,1-4H3. The van der Waals surface area contributed by atoms with E-state index in [1.165, 1.54) is 12.1 Å². The van der Waals surface area contributed by atoms with E-state index in [0.717, 1.165) is 61.1 Å². The van der Waals surface area contributed by atoms with Crippen molar-refractivity contribution in [1.29, 1.82) is 0 Å². The summed E-state index contributed by atoms with van der Waals surface area (Å²) >= 11 is 0. The topological polar surface area (TPSA) is 128 Å². The Hall–Kier alpha value is -5.16. The monoisotopic (exact) mass is 918 g/mol. The average Bonchev–Trinajstić information content (AvgIpc) is 4.14. The number of aryl methyl sites for hydroxylation is 2. The van der Waals surface area contributed by atoms with Crippen molar-refractivity contribution in [2.75, 3.05) is 0 Å². The SMILES string of the molecule is Cc1ccc(S(=O)(=O)NC(c2cnn(C(C)(C)C)c2-c2cc(F)ccc2F)C2CC2)cc1.Cc1ccc(S(=O)(=O)NC(c2cnn(C(C)(C)C)c2-c2ccc(F)cc2F)C2CC2)cc1. The minimum Gasteiger partial charge on any atom is -0.259 e. The van der Waals surface area contributed by atoms with E-state index >= 15 is 0 Å². The molecule has 6 aromatic rings. The Morgan fingerprint density at radius 3 is 1.33 bits per heavy atom. The van der Waals surface area contributed by atoms with Gasteiger partial charge in [0.2, 0.25) is 20.0 Å². The molecule has 8 rings (SSSR count). The Morgan fingerprint density at radius 1 is 0.547 bits per heavy atom. The number of halogens is 4. The molecule has 2 fully saturated rings. The second-order valence-corrected chi connectivity index (χ2v) is 22.2. The molecule has 2 aromatic heterocycles. The van der Waals surface area contributed by atoms with Gasteiger partial charge in [-0.05, 0) is 148 Å². The largest absolute Gasteiger partial charge is 0.259 e. The minimum absolute atomic E-state index is 0.0585. The normalized spacial score (nSPS) is 15.7. The van der Waals surface area contributed by atoms with Crippen molar-refractivity contribution >= 4 is 20.0 Å². The molecule has 0 saturated heterocycles. The maximum Gasteiger partial charge on any atom is 0.241 e.